The van der Waals surface area contributed by atoms with Crippen LogP contribution in [0.3, 0.4) is 0 Å². The number of rotatable bonds is 4. The molecular weight excluding hydrogens is 345 g/mol. The maximum absolute atomic E-state index is 13.9. The Labute approximate surface area is 148 Å². The van der Waals surface area contributed by atoms with Crippen molar-refractivity contribution in [3.8, 4) is 0 Å². The number of carbonyl (C=O) groups excluding carboxylic acids is 3. The van der Waals surface area contributed by atoms with Crippen molar-refractivity contribution in [1.29, 1.82) is 0 Å². The number of imide groups is 1. The molecule has 0 radical (unpaired) electrons. The Balaban J connectivity index is 1.67. The summed E-state index contributed by atoms with van der Waals surface area (Å²) in [5.41, 5.74) is -1.41. The van der Waals surface area contributed by atoms with Crippen molar-refractivity contribution in [1.82, 2.24) is 10.2 Å². The molecule has 1 aromatic carbocycles. The van der Waals surface area contributed by atoms with E-state index in [4.69, 9.17) is 5.11 Å². The number of hydrogen-bond acceptors (Lipinski definition) is 4. The molecule has 1 spiro atoms. The normalized spacial score (nSPS) is 18.7. The number of nitrogens with one attached hydrogen (secondary N) is 2. The number of nitrogens with zero attached hydrogens (tertiary/aromatic N) is 1. The van der Waals surface area contributed by atoms with Crippen LogP contribution in [0.2, 0.25) is 0 Å². The molecule has 0 unspecified atom stereocenters. The van der Waals surface area contributed by atoms with Crippen molar-refractivity contribution in [3.63, 3.8) is 0 Å². The highest BCUT2D eigenvalue weighted by Crippen LogP contribution is 2.33. The number of hydrogen-bond donors (Lipinski definition) is 3. The van der Waals surface area contributed by atoms with Gasteiger partial charge in [-0.3, -0.25) is 14.5 Å². The van der Waals surface area contributed by atoms with E-state index in [2.05, 4.69) is 10.6 Å². The standard InChI is InChI=1S/C17H18FN3O5/c18-11-8-10(14(23)24)4-5-12(11)19-13(22)9-21-15(25)17(20-16(21)26)6-2-1-3-7-17/h4-5,8H,1-3,6-7,9H2,(H,19,22)(H,20,26)(H,23,24). The Morgan fingerprint density at radius 1 is 1.23 bits per heavy atom. The van der Waals surface area contributed by atoms with E-state index in [-0.39, 0.29) is 11.3 Å². The zero-order valence-electron chi connectivity index (χ0n) is 13.9. The number of halogens is 1. The third-order valence-electron chi connectivity index (χ3n) is 4.74. The van der Waals surface area contributed by atoms with E-state index in [1.54, 1.807) is 0 Å². The van der Waals surface area contributed by atoms with Gasteiger partial charge in [0.25, 0.3) is 5.91 Å². The SMILES string of the molecule is O=C(CN1C(=O)NC2(CCCCC2)C1=O)Nc1ccc(C(=O)O)cc1F. The number of aromatic carboxylic acids is 1. The predicted molar refractivity (Wildman–Crippen MR) is 88.0 cm³/mol. The molecule has 0 atom stereocenters. The average Bonchev–Trinajstić information content (AvgIpc) is 2.81. The van der Waals surface area contributed by atoms with Crippen molar-refractivity contribution in [2.45, 2.75) is 37.6 Å². The van der Waals surface area contributed by atoms with Gasteiger partial charge in [-0.2, -0.15) is 0 Å². The van der Waals surface area contributed by atoms with Crippen molar-refractivity contribution in [2.24, 2.45) is 0 Å². The number of benzene rings is 1. The average molecular weight is 363 g/mol. The Morgan fingerprint density at radius 2 is 1.92 bits per heavy atom. The molecule has 2 aliphatic rings. The van der Waals surface area contributed by atoms with Crippen molar-refractivity contribution < 1.29 is 28.7 Å². The zero-order chi connectivity index (χ0) is 18.9. The number of amides is 4. The van der Waals surface area contributed by atoms with Crippen LogP contribution in [0.15, 0.2) is 18.2 Å². The maximum Gasteiger partial charge on any atom is 0.335 e. The minimum Gasteiger partial charge on any atom is -0.478 e. The van der Waals surface area contributed by atoms with E-state index in [1.807, 2.05) is 0 Å². The summed E-state index contributed by atoms with van der Waals surface area (Å²) >= 11 is 0. The molecule has 1 aliphatic carbocycles. The van der Waals surface area contributed by atoms with Crippen molar-refractivity contribution >= 4 is 29.5 Å². The van der Waals surface area contributed by atoms with Crippen molar-refractivity contribution in [2.75, 3.05) is 11.9 Å². The Bertz CT molecular complexity index is 789. The first-order chi connectivity index (χ1) is 12.3. The van der Waals surface area contributed by atoms with Crippen LogP contribution in [0.25, 0.3) is 0 Å². The van der Waals surface area contributed by atoms with E-state index in [0.717, 1.165) is 42.4 Å². The summed E-state index contributed by atoms with van der Waals surface area (Å²) in [4.78, 5) is 48.5. The van der Waals surface area contributed by atoms with Crippen LogP contribution >= 0.6 is 0 Å². The summed E-state index contributed by atoms with van der Waals surface area (Å²) in [7, 11) is 0. The van der Waals surface area contributed by atoms with Crippen LogP contribution in [0.5, 0.6) is 0 Å². The van der Waals surface area contributed by atoms with Gasteiger partial charge in [0.1, 0.15) is 17.9 Å². The Kier molecular flexibility index (Phi) is 4.62. The van der Waals surface area contributed by atoms with Crippen LogP contribution in [0, 0.1) is 5.82 Å². The lowest BCUT2D eigenvalue weighted by molar-refractivity contribution is -0.134. The molecule has 1 saturated heterocycles. The van der Waals surface area contributed by atoms with Gasteiger partial charge in [0.2, 0.25) is 5.91 Å². The summed E-state index contributed by atoms with van der Waals surface area (Å²) in [5, 5.41) is 13.8. The second kappa shape index (κ2) is 6.74. The summed E-state index contributed by atoms with van der Waals surface area (Å²) in [5.74, 6) is -3.39. The third kappa shape index (κ3) is 3.24. The quantitative estimate of drug-likeness (QED) is 0.705. The van der Waals surface area contributed by atoms with Crippen LogP contribution in [0.4, 0.5) is 14.9 Å². The van der Waals surface area contributed by atoms with E-state index < -0.39 is 41.7 Å². The van der Waals surface area contributed by atoms with E-state index in [0.29, 0.717) is 12.8 Å². The maximum atomic E-state index is 13.9. The smallest absolute Gasteiger partial charge is 0.335 e. The molecule has 26 heavy (non-hydrogen) atoms. The molecule has 3 rings (SSSR count). The minimum atomic E-state index is -1.29. The van der Waals surface area contributed by atoms with E-state index in [9.17, 15) is 23.6 Å². The molecule has 1 saturated carbocycles. The Hall–Kier alpha value is -2.97. The third-order valence-corrected chi connectivity index (χ3v) is 4.74. The highest BCUT2D eigenvalue weighted by Gasteiger charge is 2.51. The summed E-state index contributed by atoms with van der Waals surface area (Å²) < 4.78 is 13.9. The fourth-order valence-corrected chi connectivity index (χ4v) is 3.40. The van der Waals surface area contributed by atoms with Gasteiger partial charge < -0.3 is 15.7 Å². The lowest BCUT2D eigenvalue weighted by Gasteiger charge is -2.30. The lowest BCUT2D eigenvalue weighted by Crippen LogP contribution is -2.48. The zero-order valence-corrected chi connectivity index (χ0v) is 13.9. The topological polar surface area (TPSA) is 116 Å². The molecule has 0 aromatic heterocycles. The summed E-state index contributed by atoms with van der Waals surface area (Å²) in [6.07, 6.45) is 3.74. The molecule has 1 aromatic rings. The van der Waals surface area contributed by atoms with E-state index in [1.165, 1.54) is 0 Å². The molecule has 2 fully saturated rings. The largest absolute Gasteiger partial charge is 0.478 e. The molecule has 138 valence electrons. The minimum absolute atomic E-state index is 0.223. The number of anilines is 1. The molecule has 8 nitrogen and oxygen atoms in total. The van der Waals surface area contributed by atoms with Gasteiger partial charge in [-0.05, 0) is 31.0 Å². The van der Waals surface area contributed by atoms with Crippen molar-refractivity contribution in [3.05, 3.63) is 29.6 Å². The van der Waals surface area contributed by atoms with Gasteiger partial charge in [0.05, 0.1) is 11.3 Å². The van der Waals surface area contributed by atoms with Crippen LogP contribution in [-0.2, 0) is 9.59 Å². The van der Waals surface area contributed by atoms with Crippen LogP contribution < -0.4 is 10.6 Å². The summed E-state index contributed by atoms with van der Waals surface area (Å²) in [6, 6.07) is 2.41. The molecule has 1 aliphatic heterocycles. The summed E-state index contributed by atoms with van der Waals surface area (Å²) in [6.45, 7) is -0.535. The fourth-order valence-electron chi connectivity index (χ4n) is 3.40. The predicted octanol–water partition coefficient (Wildman–Crippen LogP) is 1.72. The van der Waals surface area contributed by atoms with Gasteiger partial charge in [0.15, 0.2) is 0 Å². The van der Waals surface area contributed by atoms with Gasteiger partial charge >= 0.3 is 12.0 Å². The molecule has 3 N–H and O–H groups in total. The first-order valence-corrected chi connectivity index (χ1v) is 8.29. The monoisotopic (exact) mass is 363 g/mol. The van der Waals surface area contributed by atoms with Crippen LogP contribution in [0.1, 0.15) is 42.5 Å². The molecule has 1 heterocycles. The van der Waals surface area contributed by atoms with E-state index >= 15 is 0 Å². The first-order valence-electron chi connectivity index (χ1n) is 8.29. The fraction of sp³-hybridized carbons (Fsp3) is 0.412. The van der Waals surface area contributed by atoms with Gasteiger partial charge in [-0.1, -0.05) is 19.3 Å². The second-order valence-electron chi connectivity index (χ2n) is 6.51. The second-order valence-corrected chi connectivity index (χ2v) is 6.51. The molecule has 9 heteroatoms. The number of urea groups is 1. The number of carboxylic acids is 1. The Morgan fingerprint density at radius 3 is 2.54 bits per heavy atom. The number of carboxylic acid groups (broad SMARTS) is 1. The van der Waals surface area contributed by atoms with Crippen LogP contribution in [-0.4, -0.2) is 45.9 Å². The number of carbonyl (C=O) groups is 4. The van der Waals surface area contributed by atoms with Gasteiger partial charge in [0, 0.05) is 0 Å². The van der Waals surface area contributed by atoms with Gasteiger partial charge in [-0.15, -0.1) is 0 Å². The molecular formula is C17H18FN3O5. The highest BCUT2D eigenvalue weighted by molar-refractivity contribution is 6.10. The highest BCUT2D eigenvalue weighted by atomic mass is 19.1. The first kappa shape index (κ1) is 17.8. The molecule has 0 bridgehead atoms. The molecule has 4 amide bonds. The van der Waals surface area contributed by atoms with Gasteiger partial charge in [-0.25, -0.2) is 14.0 Å². The lowest BCUT2D eigenvalue weighted by atomic mass is 9.82.